The topological polar surface area (TPSA) is 42.3 Å². The van der Waals surface area contributed by atoms with Crippen molar-refractivity contribution < 1.29 is 4.74 Å². The molecule has 31 heavy (non-hydrogen) atoms. The first-order valence-electron chi connectivity index (χ1n) is 10.7. The van der Waals surface area contributed by atoms with Crippen molar-refractivity contribution in [1.29, 1.82) is 0 Å². The number of aryl methyl sites for hydroxylation is 1. The van der Waals surface area contributed by atoms with E-state index in [1.807, 2.05) is 30.5 Å². The molecule has 3 aromatic rings. The highest BCUT2D eigenvalue weighted by molar-refractivity contribution is 7.80. The first-order chi connectivity index (χ1) is 14.9. The maximum absolute atomic E-state index is 5.79. The Labute approximate surface area is 190 Å². The number of hydrogen-bond donors (Lipinski definition) is 1. The maximum Gasteiger partial charge on any atom is 0.170 e. The van der Waals surface area contributed by atoms with E-state index in [9.17, 15) is 0 Å². The van der Waals surface area contributed by atoms with Gasteiger partial charge < -0.3 is 19.5 Å². The second kappa shape index (κ2) is 8.71. The van der Waals surface area contributed by atoms with Crippen LogP contribution in [-0.4, -0.2) is 33.2 Å². The molecule has 0 spiro atoms. The highest BCUT2D eigenvalue weighted by atomic mass is 32.1. The third kappa shape index (κ3) is 4.04. The van der Waals surface area contributed by atoms with E-state index in [-0.39, 0.29) is 12.1 Å². The van der Waals surface area contributed by atoms with E-state index in [1.165, 1.54) is 17.0 Å². The monoisotopic (exact) mass is 434 g/mol. The average molecular weight is 435 g/mol. The summed E-state index contributed by atoms with van der Waals surface area (Å²) in [5.74, 6) is 1.34. The van der Waals surface area contributed by atoms with Gasteiger partial charge in [-0.15, -0.1) is 0 Å². The van der Waals surface area contributed by atoms with Gasteiger partial charge in [0.15, 0.2) is 5.11 Å². The number of pyridine rings is 1. The minimum atomic E-state index is 0.00621. The Kier molecular flexibility index (Phi) is 6.01. The smallest absolute Gasteiger partial charge is 0.170 e. The van der Waals surface area contributed by atoms with Gasteiger partial charge in [-0.1, -0.05) is 26.0 Å². The Hall–Kier alpha value is -2.86. The molecule has 5 nitrogen and oxygen atoms in total. The molecule has 2 unspecified atom stereocenters. The summed E-state index contributed by atoms with van der Waals surface area (Å²) in [6, 6.07) is 16.6. The molecule has 3 heterocycles. The lowest BCUT2D eigenvalue weighted by atomic mass is 9.96. The predicted molar refractivity (Wildman–Crippen MR) is 129 cm³/mol. The molecule has 1 aromatic carbocycles. The summed E-state index contributed by atoms with van der Waals surface area (Å²) < 4.78 is 7.75. The Morgan fingerprint density at radius 1 is 1.13 bits per heavy atom. The van der Waals surface area contributed by atoms with Crippen LogP contribution in [0.5, 0.6) is 5.75 Å². The summed E-state index contributed by atoms with van der Waals surface area (Å²) in [6.45, 7) is 9.69. The average Bonchev–Trinajstić information content (AvgIpc) is 3.23. The molecule has 0 amide bonds. The van der Waals surface area contributed by atoms with Crippen molar-refractivity contribution >= 4 is 17.3 Å². The number of nitrogens with zero attached hydrogens (tertiary/aromatic N) is 3. The molecule has 0 saturated carbocycles. The maximum atomic E-state index is 5.79. The zero-order valence-corrected chi connectivity index (χ0v) is 19.6. The second-order valence-electron chi connectivity index (χ2n) is 8.54. The fourth-order valence-electron chi connectivity index (χ4n) is 4.57. The van der Waals surface area contributed by atoms with Gasteiger partial charge in [0.25, 0.3) is 0 Å². The number of thiocarbonyl (C=S) groups is 1. The van der Waals surface area contributed by atoms with Gasteiger partial charge in [-0.05, 0) is 67.9 Å². The van der Waals surface area contributed by atoms with Crippen LogP contribution in [-0.2, 0) is 0 Å². The first kappa shape index (κ1) is 21.4. The molecule has 4 rings (SSSR count). The fraction of sp³-hybridized carbons (Fsp3) is 0.360. The van der Waals surface area contributed by atoms with Crippen LogP contribution in [0.15, 0.2) is 54.7 Å². The zero-order valence-electron chi connectivity index (χ0n) is 18.8. The Morgan fingerprint density at radius 3 is 2.61 bits per heavy atom. The van der Waals surface area contributed by atoms with E-state index in [0.717, 1.165) is 28.8 Å². The molecule has 0 bridgehead atoms. The van der Waals surface area contributed by atoms with Gasteiger partial charge in [0.1, 0.15) is 5.75 Å². The highest BCUT2D eigenvalue weighted by Gasteiger charge is 2.41. The summed E-state index contributed by atoms with van der Waals surface area (Å²) in [7, 11) is 1.70. The Balaban J connectivity index is 1.83. The lowest BCUT2D eigenvalue weighted by Gasteiger charge is -2.29. The highest BCUT2D eigenvalue weighted by Crippen LogP contribution is 2.41. The number of methoxy groups -OCH3 is 1. The Bertz CT molecular complexity index is 1080. The quantitative estimate of drug-likeness (QED) is 0.545. The van der Waals surface area contributed by atoms with E-state index in [4.69, 9.17) is 17.0 Å². The van der Waals surface area contributed by atoms with Crippen molar-refractivity contribution in [3.05, 3.63) is 77.4 Å². The van der Waals surface area contributed by atoms with Gasteiger partial charge in [0, 0.05) is 35.9 Å². The van der Waals surface area contributed by atoms with Crippen molar-refractivity contribution in [3.8, 4) is 11.4 Å². The van der Waals surface area contributed by atoms with E-state index in [0.29, 0.717) is 5.92 Å². The van der Waals surface area contributed by atoms with Crippen molar-refractivity contribution in [2.45, 2.75) is 39.8 Å². The van der Waals surface area contributed by atoms with Crippen LogP contribution in [0.3, 0.4) is 0 Å². The molecule has 2 atom stereocenters. The number of rotatable bonds is 6. The van der Waals surface area contributed by atoms with Gasteiger partial charge in [-0.3, -0.25) is 4.98 Å². The number of ether oxygens (including phenoxy) is 1. The normalized spacial score (nSPS) is 18.5. The largest absolute Gasteiger partial charge is 0.497 e. The fourth-order valence-corrected chi connectivity index (χ4v) is 4.88. The Morgan fingerprint density at radius 2 is 1.94 bits per heavy atom. The lowest BCUT2D eigenvalue weighted by molar-refractivity contribution is 0.287. The van der Waals surface area contributed by atoms with E-state index in [1.54, 1.807) is 7.11 Å². The third-order valence-corrected chi connectivity index (χ3v) is 6.21. The summed E-state index contributed by atoms with van der Waals surface area (Å²) in [4.78, 5) is 6.98. The van der Waals surface area contributed by atoms with Crippen LogP contribution >= 0.6 is 12.2 Å². The van der Waals surface area contributed by atoms with Crippen LogP contribution in [0, 0.1) is 19.8 Å². The first-order valence-corrected chi connectivity index (χ1v) is 11.1. The molecule has 1 N–H and O–H groups in total. The summed E-state index contributed by atoms with van der Waals surface area (Å²) in [5, 5.41) is 4.35. The van der Waals surface area contributed by atoms with Crippen LogP contribution in [0.25, 0.3) is 5.69 Å². The number of hydrogen-bond acceptors (Lipinski definition) is 3. The van der Waals surface area contributed by atoms with Gasteiger partial charge in [0.05, 0.1) is 24.9 Å². The van der Waals surface area contributed by atoms with Crippen molar-refractivity contribution in [2.75, 3.05) is 13.7 Å². The van der Waals surface area contributed by atoms with Crippen molar-refractivity contribution in [2.24, 2.45) is 5.92 Å². The lowest BCUT2D eigenvalue weighted by Crippen LogP contribution is -2.33. The van der Waals surface area contributed by atoms with Gasteiger partial charge in [0.2, 0.25) is 0 Å². The summed E-state index contributed by atoms with van der Waals surface area (Å²) >= 11 is 5.79. The molecule has 0 radical (unpaired) electrons. The van der Waals surface area contributed by atoms with Crippen molar-refractivity contribution in [3.63, 3.8) is 0 Å². The van der Waals surface area contributed by atoms with Gasteiger partial charge in [-0.25, -0.2) is 0 Å². The molecule has 0 aliphatic carbocycles. The van der Waals surface area contributed by atoms with Gasteiger partial charge in [-0.2, -0.15) is 0 Å². The number of aromatic nitrogens is 2. The molecule has 2 aromatic heterocycles. The van der Waals surface area contributed by atoms with Crippen LogP contribution < -0.4 is 10.1 Å². The zero-order chi connectivity index (χ0) is 22.1. The van der Waals surface area contributed by atoms with E-state index < -0.39 is 0 Å². The molecule has 1 saturated heterocycles. The minimum absolute atomic E-state index is 0.00621. The third-order valence-electron chi connectivity index (χ3n) is 5.86. The number of benzene rings is 1. The van der Waals surface area contributed by atoms with Crippen LogP contribution in [0.1, 0.15) is 48.6 Å². The molecular formula is C25H30N4OS. The predicted octanol–water partition coefficient (Wildman–Crippen LogP) is 5.13. The molecule has 1 fully saturated rings. The number of nitrogens with one attached hydrogen (secondary N) is 1. The standard InChI is InChI=1S/C25H30N4OS/c1-16(2)15-28-24(23(27-25(28)31)22-11-6-7-12-26-22)21-13-17(3)29(18(21)4)19-9-8-10-20(14-19)30-5/h6-14,16,23-24H,15H2,1-5H3,(H,27,31). The van der Waals surface area contributed by atoms with Gasteiger partial charge >= 0.3 is 0 Å². The van der Waals surface area contributed by atoms with E-state index in [2.05, 4.69) is 71.7 Å². The van der Waals surface area contributed by atoms with E-state index >= 15 is 0 Å². The van der Waals surface area contributed by atoms with Crippen LogP contribution in [0.2, 0.25) is 0 Å². The second-order valence-corrected chi connectivity index (χ2v) is 8.92. The SMILES string of the molecule is COc1cccc(-n2c(C)cc(C3C(c4ccccn4)NC(=S)N3CC(C)C)c2C)c1. The molecule has 6 heteroatoms. The summed E-state index contributed by atoms with van der Waals surface area (Å²) in [5.41, 5.74) is 5.76. The molecule has 162 valence electrons. The molecule has 1 aliphatic rings. The molecule has 1 aliphatic heterocycles. The summed E-state index contributed by atoms with van der Waals surface area (Å²) in [6.07, 6.45) is 1.85. The minimum Gasteiger partial charge on any atom is -0.497 e. The molecular weight excluding hydrogens is 404 g/mol. The van der Waals surface area contributed by atoms with Crippen molar-refractivity contribution in [1.82, 2.24) is 19.8 Å². The van der Waals surface area contributed by atoms with Crippen LogP contribution in [0.4, 0.5) is 0 Å².